The highest BCUT2D eigenvalue weighted by atomic mass is 32.2. The lowest BCUT2D eigenvalue weighted by Crippen LogP contribution is -2.26. The number of nitrogens with one attached hydrogen (secondary N) is 1. The zero-order valence-corrected chi connectivity index (χ0v) is 19.3. The highest BCUT2D eigenvalue weighted by Gasteiger charge is 2.35. The fourth-order valence-corrected chi connectivity index (χ4v) is 4.83. The number of rotatable bonds is 7. The number of hydrazone groups is 1. The Morgan fingerprint density at radius 3 is 2.56 bits per heavy atom. The molecule has 166 valence electrons. The SMILES string of the molecule is CCOc1ccccc1[C@@H]1CC(c2ccc(NS(C)(=O)=O)cc2)=NN1C(=O)c1cccs1. The number of thiophene rings is 1. The van der Waals surface area contributed by atoms with E-state index in [1.807, 2.05) is 42.6 Å². The summed E-state index contributed by atoms with van der Waals surface area (Å²) in [5, 5.41) is 8.09. The molecule has 0 bridgehead atoms. The van der Waals surface area contributed by atoms with Crippen LogP contribution in [0.1, 0.15) is 40.2 Å². The van der Waals surface area contributed by atoms with E-state index < -0.39 is 10.0 Å². The van der Waals surface area contributed by atoms with E-state index in [2.05, 4.69) is 4.72 Å². The highest BCUT2D eigenvalue weighted by molar-refractivity contribution is 7.92. The molecule has 3 aromatic rings. The number of carbonyl (C=O) groups excluding carboxylic acids is 1. The van der Waals surface area contributed by atoms with Crippen LogP contribution in [0, 0.1) is 0 Å². The van der Waals surface area contributed by atoms with Gasteiger partial charge in [-0.2, -0.15) is 5.10 Å². The summed E-state index contributed by atoms with van der Waals surface area (Å²) in [5.41, 5.74) is 2.94. The van der Waals surface area contributed by atoms with Crippen molar-refractivity contribution in [3.05, 3.63) is 82.0 Å². The van der Waals surface area contributed by atoms with Gasteiger partial charge in [0, 0.05) is 17.7 Å². The van der Waals surface area contributed by atoms with E-state index in [0.29, 0.717) is 23.6 Å². The molecular weight excluding hydrogens is 446 g/mol. The van der Waals surface area contributed by atoms with Gasteiger partial charge in [-0.15, -0.1) is 11.3 Å². The number of amides is 1. The Morgan fingerprint density at radius 1 is 1.16 bits per heavy atom. The molecule has 0 saturated carbocycles. The normalized spacial score (nSPS) is 16.0. The molecule has 1 aromatic heterocycles. The van der Waals surface area contributed by atoms with Crippen LogP contribution in [0.5, 0.6) is 5.75 Å². The minimum absolute atomic E-state index is 0.165. The molecule has 0 unspecified atom stereocenters. The Labute approximate surface area is 191 Å². The molecule has 9 heteroatoms. The van der Waals surface area contributed by atoms with Gasteiger partial charge in [-0.3, -0.25) is 9.52 Å². The lowest BCUT2D eigenvalue weighted by Gasteiger charge is -2.23. The predicted molar refractivity (Wildman–Crippen MR) is 127 cm³/mol. The molecule has 0 fully saturated rings. The van der Waals surface area contributed by atoms with E-state index in [-0.39, 0.29) is 11.9 Å². The third-order valence-electron chi connectivity index (χ3n) is 4.95. The summed E-state index contributed by atoms with van der Waals surface area (Å²) in [5.74, 6) is 0.565. The quantitative estimate of drug-likeness (QED) is 0.551. The number of nitrogens with zero attached hydrogens (tertiary/aromatic N) is 2. The molecule has 4 rings (SSSR count). The number of sulfonamides is 1. The van der Waals surface area contributed by atoms with Gasteiger partial charge in [0.05, 0.1) is 29.5 Å². The topological polar surface area (TPSA) is 88.1 Å². The molecule has 1 aliphatic heterocycles. The smallest absolute Gasteiger partial charge is 0.284 e. The van der Waals surface area contributed by atoms with Gasteiger partial charge in [-0.1, -0.05) is 36.4 Å². The van der Waals surface area contributed by atoms with Crippen LogP contribution in [0.4, 0.5) is 5.69 Å². The molecule has 1 aliphatic rings. The molecule has 2 aromatic carbocycles. The standard InChI is InChI=1S/C23H23N3O4S2/c1-3-30-21-8-5-4-7-18(21)20-15-19(24-26(20)23(27)22-9-6-14-31-22)16-10-12-17(13-11-16)25-32(2,28)29/h4-14,20,25H,3,15H2,1-2H3/t20-/m0/s1. The molecule has 1 amide bonds. The zero-order chi connectivity index (χ0) is 22.7. The van der Waals surface area contributed by atoms with Crippen LogP contribution in [0.25, 0.3) is 0 Å². The van der Waals surface area contributed by atoms with Gasteiger partial charge in [-0.05, 0) is 42.1 Å². The fourth-order valence-electron chi connectivity index (χ4n) is 3.62. The number of hydrogen-bond donors (Lipinski definition) is 1. The minimum Gasteiger partial charge on any atom is -0.494 e. The van der Waals surface area contributed by atoms with Crippen LogP contribution in [0.15, 0.2) is 71.1 Å². The van der Waals surface area contributed by atoms with Crippen molar-refractivity contribution in [2.45, 2.75) is 19.4 Å². The van der Waals surface area contributed by atoms with Gasteiger partial charge in [-0.25, -0.2) is 13.4 Å². The van der Waals surface area contributed by atoms with E-state index in [1.54, 1.807) is 30.3 Å². The van der Waals surface area contributed by atoms with Crippen LogP contribution in [0.2, 0.25) is 0 Å². The minimum atomic E-state index is -3.36. The Kier molecular flexibility index (Phi) is 6.29. The first kappa shape index (κ1) is 22.0. The van der Waals surface area contributed by atoms with Gasteiger partial charge >= 0.3 is 0 Å². The summed E-state index contributed by atoms with van der Waals surface area (Å²) in [6.45, 7) is 2.44. The number of benzene rings is 2. The molecule has 2 heterocycles. The second-order valence-corrected chi connectivity index (χ2v) is 10.0. The Bertz CT molecular complexity index is 1240. The maximum Gasteiger partial charge on any atom is 0.284 e. The van der Waals surface area contributed by atoms with Gasteiger partial charge < -0.3 is 4.74 Å². The van der Waals surface area contributed by atoms with E-state index in [4.69, 9.17) is 9.84 Å². The molecular formula is C23H23N3O4S2. The molecule has 1 atom stereocenters. The summed E-state index contributed by atoms with van der Waals surface area (Å²) >= 11 is 1.38. The van der Waals surface area contributed by atoms with E-state index >= 15 is 0 Å². The van der Waals surface area contributed by atoms with Crippen molar-refractivity contribution < 1.29 is 17.9 Å². The molecule has 1 N–H and O–H groups in total. The van der Waals surface area contributed by atoms with E-state index in [9.17, 15) is 13.2 Å². The Hall–Kier alpha value is -3.17. The molecule has 0 spiro atoms. The van der Waals surface area contributed by atoms with Crippen molar-refractivity contribution in [3.8, 4) is 5.75 Å². The summed E-state index contributed by atoms with van der Waals surface area (Å²) in [7, 11) is -3.36. The van der Waals surface area contributed by atoms with Crippen LogP contribution in [-0.2, 0) is 10.0 Å². The largest absolute Gasteiger partial charge is 0.494 e. The number of para-hydroxylation sites is 1. The first-order chi connectivity index (χ1) is 15.4. The third-order valence-corrected chi connectivity index (χ3v) is 6.41. The van der Waals surface area contributed by atoms with Crippen molar-refractivity contribution in [1.82, 2.24) is 5.01 Å². The van der Waals surface area contributed by atoms with E-state index in [0.717, 1.165) is 28.8 Å². The van der Waals surface area contributed by atoms with Crippen LogP contribution in [0.3, 0.4) is 0 Å². The molecule has 32 heavy (non-hydrogen) atoms. The predicted octanol–water partition coefficient (Wildman–Crippen LogP) is 4.51. The Morgan fingerprint density at radius 2 is 1.91 bits per heavy atom. The molecule has 0 aliphatic carbocycles. The zero-order valence-electron chi connectivity index (χ0n) is 17.7. The Balaban J connectivity index is 1.69. The highest BCUT2D eigenvalue weighted by Crippen LogP contribution is 2.38. The summed E-state index contributed by atoms with van der Waals surface area (Å²) < 4.78 is 31.2. The summed E-state index contributed by atoms with van der Waals surface area (Å²) in [6.07, 6.45) is 1.62. The average Bonchev–Trinajstić information content (AvgIpc) is 3.44. The fraction of sp³-hybridized carbons (Fsp3) is 0.217. The number of hydrogen-bond acceptors (Lipinski definition) is 6. The van der Waals surface area contributed by atoms with Gasteiger partial charge in [0.2, 0.25) is 10.0 Å². The molecule has 0 radical (unpaired) electrons. The van der Waals surface area contributed by atoms with Crippen molar-refractivity contribution in [1.29, 1.82) is 0 Å². The first-order valence-corrected chi connectivity index (χ1v) is 12.9. The summed E-state index contributed by atoms with van der Waals surface area (Å²) in [6, 6.07) is 18.0. The first-order valence-electron chi connectivity index (χ1n) is 10.1. The van der Waals surface area contributed by atoms with Crippen LogP contribution < -0.4 is 9.46 Å². The van der Waals surface area contributed by atoms with Crippen molar-refractivity contribution >= 4 is 38.7 Å². The monoisotopic (exact) mass is 469 g/mol. The molecule has 0 saturated heterocycles. The summed E-state index contributed by atoms with van der Waals surface area (Å²) in [4.78, 5) is 13.9. The lowest BCUT2D eigenvalue weighted by atomic mass is 9.97. The van der Waals surface area contributed by atoms with Crippen molar-refractivity contribution in [3.63, 3.8) is 0 Å². The van der Waals surface area contributed by atoms with Crippen molar-refractivity contribution in [2.75, 3.05) is 17.6 Å². The third kappa shape index (κ3) is 4.84. The van der Waals surface area contributed by atoms with Gasteiger partial charge in [0.15, 0.2) is 0 Å². The van der Waals surface area contributed by atoms with Gasteiger partial charge in [0.1, 0.15) is 5.75 Å². The number of anilines is 1. The molecule has 7 nitrogen and oxygen atoms in total. The maximum absolute atomic E-state index is 13.3. The number of ether oxygens (including phenoxy) is 1. The van der Waals surface area contributed by atoms with E-state index in [1.165, 1.54) is 16.3 Å². The second-order valence-electron chi connectivity index (χ2n) is 7.32. The van der Waals surface area contributed by atoms with Gasteiger partial charge in [0.25, 0.3) is 5.91 Å². The number of carbonyl (C=O) groups is 1. The maximum atomic E-state index is 13.3. The van der Waals surface area contributed by atoms with Crippen LogP contribution >= 0.6 is 11.3 Å². The second kappa shape index (κ2) is 9.13. The lowest BCUT2D eigenvalue weighted by molar-refractivity contribution is 0.0714. The van der Waals surface area contributed by atoms with Crippen LogP contribution in [-0.4, -0.2) is 37.9 Å². The van der Waals surface area contributed by atoms with Crippen molar-refractivity contribution in [2.24, 2.45) is 5.10 Å². The average molecular weight is 470 g/mol.